The van der Waals surface area contributed by atoms with Crippen molar-refractivity contribution in [1.29, 1.82) is 0 Å². The average Bonchev–Trinajstić information content (AvgIpc) is 2.46. The molecule has 0 saturated heterocycles. The molecule has 0 fully saturated rings. The highest BCUT2D eigenvalue weighted by Crippen LogP contribution is 2.19. The van der Waals surface area contributed by atoms with Gasteiger partial charge >= 0.3 is 5.97 Å². The molecule has 0 bridgehead atoms. The van der Waals surface area contributed by atoms with Crippen LogP contribution in [0.15, 0.2) is 24.3 Å². The zero-order chi connectivity index (χ0) is 15.0. The van der Waals surface area contributed by atoms with E-state index in [9.17, 15) is 4.79 Å². The monoisotopic (exact) mass is 280 g/mol. The summed E-state index contributed by atoms with van der Waals surface area (Å²) in [6.07, 6.45) is 0.576. The van der Waals surface area contributed by atoms with Gasteiger partial charge < -0.3 is 19.7 Å². The summed E-state index contributed by atoms with van der Waals surface area (Å²) in [5.41, 5.74) is 1.08. The molecule has 0 aliphatic carbocycles. The number of hydrogen-bond acceptors (Lipinski definition) is 5. The van der Waals surface area contributed by atoms with E-state index in [0.717, 1.165) is 18.0 Å². The molecule has 1 aromatic rings. The Morgan fingerprint density at radius 2 is 2.15 bits per heavy atom. The van der Waals surface area contributed by atoms with Crippen molar-refractivity contribution in [2.75, 3.05) is 39.3 Å². The molecule has 1 atom stereocenters. The molecule has 0 saturated carbocycles. The summed E-state index contributed by atoms with van der Waals surface area (Å²) in [6, 6.07) is 7.53. The fourth-order valence-electron chi connectivity index (χ4n) is 1.84. The maximum Gasteiger partial charge on any atom is 0.322 e. The standard InChI is InChI=1S/C15H24N2O3/c1-5-16-14(15(18)19-4)9-10-20-13-8-6-7-12(11-13)17(2)3/h6-8,11,14,16H,5,9-10H2,1-4H3. The van der Waals surface area contributed by atoms with Gasteiger partial charge in [0.25, 0.3) is 0 Å². The molecule has 0 heterocycles. The van der Waals surface area contributed by atoms with Crippen LogP contribution in [-0.4, -0.2) is 46.4 Å². The first-order chi connectivity index (χ1) is 9.58. The fraction of sp³-hybridized carbons (Fsp3) is 0.533. The van der Waals surface area contributed by atoms with E-state index in [4.69, 9.17) is 9.47 Å². The molecule has 0 radical (unpaired) electrons. The van der Waals surface area contributed by atoms with E-state index in [-0.39, 0.29) is 12.0 Å². The third-order valence-electron chi connectivity index (χ3n) is 2.95. The molecule has 5 nitrogen and oxygen atoms in total. The SMILES string of the molecule is CCNC(CCOc1cccc(N(C)C)c1)C(=O)OC. The number of anilines is 1. The van der Waals surface area contributed by atoms with Gasteiger partial charge in [0, 0.05) is 32.3 Å². The number of carbonyl (C=O) groups excluding carboxylic acids is 1. The smallest absolute Gasteiger partial charge is 0.322 e. The summed E-state index contributed by atoms with van der Waals surface area (Å²) < 4.78 is 10.4. The maximum absolute atomic E-state index is 11.5. The number of methoxy groups -OCH3 is 1. The second-order valence-corrected chi connectivity index (χ2v) is 4.66. The van der Waals surface area contributed by atoms with Crippen molar-refractivity contribution in [2.45, 2.75) is 19.4 Å². The number of carbonyl (C=O) groups is 1. The Hall–Kier alpha value is -1.75. The predicted molar refractivity (Wildman–Crippen MR) is 80.4 cm³/mol. The van der Waals surface area contributed by atoms with Gasteiger partial charge in [0.1, 0.15) is 11.8 Å². The van der Waals surface area contributed by atoms with Gasteiger partial charge in [-0.25, -0.2) is 0 Å². The Labute approximate surface area is 120 Å². The van der Waals surface area contributed by atoms with Crippen LogP contribution in [0.2, 0.25) is 0 Å². The quantitative estimate of drug-likeness (QED) is 0.734. The van der Waals surface area contributed by atoms with Crippen LogP contribution in [0, 0.1) is 0 Å². The summed E-state index contributed by atoms with van der Waals surface area (Å²) in [4.78, 5) is 13.6. The largest absolute Gasteiger partial charge is 0.493 e. The lowest BCUT2D eigenvalue weighted by molar-refractivity contribution is -0.143. The molecule has 0 aromatic heterocycles. The summed E-state index contributed by atoms with van der Waals surface area (Å²) in [5.74, 6) is 0.550. The fourth-order valence-corrected chi connectivity index (χ4v) is 1.84. The molecule has 0 spiro atoms. The van der Waals surface area contributed by atoms with Crippen LogP contribution in [0.5, 0.6) is 5.75 Å². The third kappa shape index (κ3) is 5.09. The molecule has 112 valence electrons. The molecular weight excluding hydrogens is 256 g/mol. The zero-order valence-electron chi connectivity index (χ0n) is 12.7. The molecule has 20 heavy (non-hydrogen) atoms. The number of esters is 1. The number of hydrogen-bond donors (Lipinski definition) is 1. The van der Waals surface area contributed by atoms with Crippen LogP contribution < -0.4 is 15.0 Å². The minimum atomic E-state index is -0.318. The maximum atomic E-state index is 11.5. The molecule has 0 aliphatic rings. The van der Waals surface area contributed by atoms with Gasteiger partial charge in [-0.15, -0.1) is 0 Å². The third-order valence-corrected chi connectivity index (χ3v) is 2.95. The number of rotatable bonds is 8. The second-order valence-electron chi connectivity index (χ2n) is 4.66. The molecule has 1 aromatic carbocycles. The normalized spacial score (nSPS) is 11.8. The summed E-state index contributed by atoms with van der Waals surface area (Å²) in [6.45, 7) is 3.14. The highest BCUT2D eigenvalue weighted by Gasteiger charge is 2.17. The van der Waals surface area contributed by atoms with Gasteiger partial charge in [-0.1, -0.05) is 13.0 Å². The van der Waals surface area contributed by atoms with Crippen LogP contribution in [0.4, 0.5) is 5.69 Å². The van der Waals surface area contributed by atoms with E-state index in [1.165, 1.54) is 7.11 Å². The molecule has 1 rings (SSSR count). The highest BCUT2D eigenvalue weighted by molar-refractivity contribution is 5.75. The van der Waals surface area contributed by atoms with Crippen molar-refractivity contribution in [2.24, 2.45) is 0 Å². The average molecular weight is 280 g/mol. The minimum absolute atomic E-state index is 0.252. The van der Waals surface area contributed by atoms with Crippen LogP contribution in [0.25, 0.3) is 0 Å². The van der Waals surface area contributed by atoms with Crippen LogP contribution >= 0.6 is 0 Å². The van der Waals surface area contributed by atoms with Gasteiger partial charge in [-0.2, -0.15) is 0 Å². The van der Waals surface area contributed by atoms with Gasteiger partial charge in [0.15, 0.2) is 0 Å². The van der Waals surface area contributed by atoms with Crippen LogP contribution in [0.3, 0.4) is 0 Å². The Balaban J connectivity index is 2.50. The van der Waals surface area contributed by atoms with E-state index < -0.39 is 0 Å². The predicted octanol–water partition coefficient (Wildman–Crippen LogP) is 1.67. The van der Waals surface area contributed by atoms with Gasteiger partial charge in [-0.05, 0) is 18.7 Å². The molecular formula is C15H24N2O3. The summed E-state index contributed by atoms with van der Waals surface area (Å²) >= 11 is 0. The number of nitrogens with zero attached hydrogens (tertiary/aromatic N) is 1. The Kier molecular flexibility index (Phi) is 6.87. The topological polar surface area (TPSA) is 50.8 Å². The van der Waals surface area contributed by atoms with E-state index in [0.29, 0.717) is 13.0 Å². The van der Waals surface area contributed by atoms with E-state index in [1.54, 1.807) is 0 Å². The number of nitrogens with one attached hydrogen (secondary N) is 1. The zero-order valence-corrected chi connectivity index (χ0v) is 12.7. The Morgan fingerprint density at radius 1 is 1.40 bits per heavy atom. The van der Waals surface area contributed by atoms with Crippen molar-refractivity contribution in [3.63, 3.8) is 0 Å². The van der Waals surface area contributed by atoms with E-state index in [1.807, 2.05) is 50.2 Å². The lowest BCUT2D eigenvalue weighted by atomic mass is 10.2. The highest BCUT2D eigenvalue weighted by atomic mass is 16.5. The number of benzene rings is 1. The van der Waals surface area contributed by atoms with Crippen molar-refractivity contribution in [3.8, 4) is 5.75 Å². The van der Waals surface area contributed by atoms with Crippen molar-refractivity contribution >= 4 is 11.7 Å². The molecule has 1 N–H and O–H groups in total. The van der Waals surface area contributed by atoms with Crippen molar-refractivity contribution in [3.05, 3.63) is 24.3 Å². The number of likely N-dealkylation sites (N-methyl/N-ethyl adjacent to an activating group) is 1. The first-order valence-electron chi connectivity index (χ1n) is 6.79. The van der Waals surface area contributed by atoms with Crippen molar-refractivity contribution in [1.82, 2.24) is 5.32 Å². The lowest BCUT2D eigenvalue weighted by Gasteiger charge is -2.17. The molecule has 1 unspecified atom stereocenters. The Morgan fingerprint density at radius 3 is 2.75 bits per heavy atom. The van der Waals surface area contributed by atoms with Gasteiger partial charge in [0.05, 0.1) is 13.7 Å². The summed E-state index contributed by atoms with van der Waals surface area (Å²) in [7, 11) is 5.36. The van der Waals surface area contributed by atoms with E-state index in [2.05, 4.69) is 5.32 Å². The van der Waals surface area contributed by atoms with Crippen LogP contribution in [-0.2, 0) is 9.53 Å². The molecule has 0 aliphatic heterocycles. The number of ether oxygens (including phenoxy) is 2. The lowest BCUT2D eigenvalue weighted by Crippen LogP contribution is -2.38. The summed E-state index contributed by atoms with van der Waals surface area (Å²) in [5, 5.41) is 3.09. The molecule has 5 heteroatoms. The van der Waals surface area contributed by atoms with Gasteiger partial charge in [-0.3, -0.25) is 4.79 Å². The van der Waals surface area contributed by atoms with Crippen molar-refractivity contribution < 1.29 is 14.3 Å². The van der Waals surface area contributed by atoms with Gasteiger partial charge in [0.2, 0.25) is 0 Å². The molecule has 0 amide bonds. The Bertz CT molecular complexity index is 421. The first kappa shape index (κ1) is 16.3. The van der Waals surface area contributed by atoms with Crippen LogP contribution in [0.1, 0.15) is 13.3 Å². The minimum Gasteiger partial charge on any atom is -0.493 e. The van der Waals surface area contributed by atoms with E-state index >= 15 is 0 Å². The first-order valence-corrected chi connectivity index (χ1v) is 6.79. The second kappa shape index (κ2) is 8.43.